The van der Waals surface area contributed by atoms with Crippen molar-refractivity contribution in [2.75, 3.05) is 26.2 Å². The zero-order valence-electron chi connectivity index (χ0n) is 12.7. The molecule has 0 unspecified atom stereocenters. The molecule has 3 heteroatoms. The van der Waals surface area contributed by atoms with Crippen LogP contribution in [0.15, 0.2) is 24.3 Å². The van der Waals surface area contributed by atoms with E-state index in [1.807, 2.05) is 19.1 Å². The minimum Gasteiger partial charge on any atom is -0.463 e. The Kier molecular flexibility index (Phi) is 12.6. The van der Waals surface area contributed by atoms with E-state index in [0.29, 0.717) is 6.61 Å². The van der Waals surface area contributed by atoms with Crippen molar-refractivity contribution in [2.24, 2.45) is 0 Å². The van der Waals surface area contributed by atoms with Gasteiger partial charge in [-0.25, -0.2) is 4.79 Å². The summed E-state index contributed by atoms with van der Waals surface area (Å²) in [4.78, 5) is 13.7. The monoisotopic (exact) mass is 267 g/mol. The second-order valence-corrected chi connectivity index (χ2v) is 4.49. The fraction of sp³-hybridized carbons (Fsp3) is 0.688. The highest BCUT2D eigenvalue weighted by molar-refractivity contribution is 5.82. The number of ether oxygens (including phenoxy) is 1. The normalized spacial score (nSPS) is 11.8. The lowest BCUT2D eigenvalue weighted by atomic mass is 10.2. The van der Waals surface area contributed by atoms with Gasteiger partial charge in [0.25, 0.3) is 0 Å². The molecule has 0 aromatic rings. The van der Waals surface area contributed by atoms with Gasteiger partial charge < -0.3 is 9.64 Å². The first-order valence-electron chi connectivity index (χ1n) is 7.43. The lowest BCUT2D eigenvalue weighted by Gasteiger charge is -2.17. The number of rotatable bonds is 11. The topological polar surface area (TPSA) is 29.5 Å². The van der Waals surface area contributed by atoms with Gasteiger partial charge in [-0.05, 0) is 39.4 Å². The molecular formula is C16H29NO2. The third-order valence-electron chi connectivity index (χ3n) is 3.04. The fourth-order valence-electron chi connectivity index (χ4n) is 1.80. The fourth-order valence-corrected chi connectivity index (χ4v) is 1.80. The van der Waals surface area contributed by atoms with Crippen molar-refractivity contribution in [2.45, 2.75) is 46.5 Å². The molecule has 19 heavy (non-hydrogen) atoms. The summed E-state index contributed by atoms with van der Waals surface area (Å²) in [5.41, 5.74) is 0. The molecule has 0 radical (unpaired) electrons. The maximum absolute atomic E-state index is 11.2. The molecule has 0 amide bonds. The van der Waals surface area contributed by atoms with Gasteiger partial charge in [-0.15, -0.1) is 0 Å². The van der Waals surface area contributed by atoms with E-state index in [0.717, 1.165) is 25.9 Å². The van der Waals surface area contributed by atoms with E-state index in [1.165, 1.54) is 25.5 Å². The summed E-state index contributed by atoms with van der Waals surface area (Å²) >= 11 is 0. The second-order valence-electron chi connectivity index (χ2n) is 4.49. The van der Waals surface area contributed by atoms with Crippen LogP contribution < -0.4 is 0 Å². The summed E-state index contributed by atoms with van der Waals surface area (Å²) in [5.74, 6) is -0.249. The molecule has 0 aliphatic heterocycles. The van der Waals surface area contributed by atoms with Crippen LogP contribution in [0.25, 0.3) is 0 Å². The van der Waals surface area contributed by atoms with Crippen LogP contribution in [0.5, 0.6) is 0 Å². The van der Waals surface area contributed by atoms with E-state index < -0.39 is 0 Å². The van der Waals surface area contributed by atoms with Gasteiger partial charge in [0.2, 0.25) is 0 Å². The van der Waals surface area contributed by atoms with E-state index in [1.54, 1.807) is 6.08 Å². The zero-order chi connectivity index (χ0) is 14.3. The quantitative estimate of drug-likeness (QED) is 0.248. The summed E-state index contributed by atoms with van der Waals surface area (Å²) < 4.78 is 5.09. The number of allylic oxidation sites excluding steroid dienone is 3. The number of carbonyl (C=O) groups is 1. The van der Waals surface area contributed by atoms with Gasteiger partial charge in [0.15, 0.2) is 0 Å². The van der Waals surface area contributed by atoms with Crippen LogP contribution in [0.2, 0.25) is 0 Å². The largest absolute Gasteiger partial charge is 0.463 e. The zero-order valence-corrected chi connectivity index (χ0v) is 12.7. The van der Waals surface area contributed by atoms with Crippen LogP contribution in [0, 0.1) is 0 Å². The van der Waals surface area contributed by atoms with E-state index in [2.05, 4.69) is 18.7 Å². The summed E-state index contributed by atoms with van der Waals surface area (Å²) in [6.45, 7) is 10.3. The first kappa shape index (κ1) is 17.9. The highest BCUT2D eigenvalue weighted by Gasteiger charge is 1.99. The Bertz CT molecular complexity index is 268. The lowest BCUT2D eigenvalue weighted by molar-refractivity contribution is -0.137. The van der Waals surface area contributed by atoms with Crippen molar-refractivity contribution in [3.8, 4) is 0 Å². The summed E-state index contributed by atoms with van der Waals surface area (Å²) in [5, 5.41) is 0. The maximum Gasteiger partial charge on any atom is 0.330 e. The highest BCUT2D eigenvalue weighted by atomic mass is 16.5. The van der Waals surface area contributed by atoms with Crippen LogP contribution in [0.1, 0.15) is 46.5 Å². The average molecular weight is 267 g/mol. The van der Waals surface area contributed by atoms with Crippen LogP contribution >= 0.6 is 0 Å². The number of hydrogen-bond donors (Lipinski definition) is 0. The van der Waals surface area contributed by atoms with Crippen molar-refractivity contribution in [3.63, 3.8) is 0 Å². The van der Waals surface area contributed by atoms with Gasteiger partial charge in [-0.1, -0.05) is 44.9 Å². The Balaban J connectivity index is 3.38. The molecule has 0 aromatic carbocycles. The third kappa shape index (κ3) is 11.7. The second kappa shape index (κ2) is 13.3. The SMILES string of the molecule is C/C=C/C=C/C(=O)OCCCCCCN(CC)CC. The molecule has 0 spiro atoms. The highest BCUT2D eigenvalue weighted by Crippen LogP contribution is 2.02. The molecule has 0 aliphatic carbocycles. The smallest absolute Gasteiger partial charge is 0.330 e. The summed E-state index contributed by atoms with van der Waals surface area (Å²) in [6, 6.07) is 0. The minimum absolute atomic E-state index is 0.249. The third-order valence-corrected chi connectivity index (χ3v) is 3.04. The van der Waals surface area contributed by atoms with Crippen molar-refractivity contribution in [1.29, 1.82) is 0 Å². The van der Waals surface area contributed by atoms with E-state index >= 15 is 0 Å². The molecule has 3 nitrogen and oxygen atoms in total. The van der Waals surface area contributed by atoms with E-state index in [-0.39, 0.29) is 5.97 Å². The Morgan fingerprint density at radius 3 is 2.37 bits per heavy atom. The number of nitrogens with zero attached hydrogens (tertiary/aromatic N) is 1. The van der Waals surface area contributed by atoms with Crippen LogP contribution in [-0.2, 0) is 9.53 Å². The number of carbonyl (C=O) groups excluding carboxylic acids is 1. The molecular weight excluding hydrogens is 238 g/mol. The van der Waals surface area contributed by atoms with Gasteiger partial charge in [0, 0.05) is 6.08 Å². The standard InChI is InChI=1S/C16H29NO2/c1-4-7-10-13-16(18)19-15-12-9-8-11-14-17(5-2)6-3/h4,7,10,13H,5-6,8-9,11-12,14-15H2,1-3H3/b7-4+,13-10+. The molecule has 0 atom stereocenters. The first-order chi connectivity index (χ1) is 9.24. The molecule has 0 heterocycles. The van der Waals surface area contributed by atoms with Crippen LogP contribution in [-0.4, -0.2) is 37.1 Å². The van der Waals surface area contributed by atoms with E-state index in [9.17, 15) is 4.79 Å². The van der Waals surface area contributed by atoms with Gasteiger partial charge in [-0.2, -0.15) is 0 Å². The molecule has 0 saturated heterocycles. The van der Waals surface area contributed by atoms with Crippen molar-refractivity contribution in [1.82, 2.24) is 4.90 Å². The first-order valence-corrected chi connectivity index (χ1v) is 7.43. The molecule has 0 rings (SSSR count). The number of esters is 1. The Morgan fingerprint density at radius 1 is 1.05 bits per heavy atom. The predicted molar refractivity (Wildman–Crippen MR) is 81.2 cm³/mol. The number of unbranched alkanes of at least 4 members (excludes halogenated alkanes) is 3. The van der Waals surface area contributed by atoms with Crippen LogP contribution in [0.3, 0.4) is 0 Å². The lowest BCUT2D eigenvalue weighted by Crippen LogP contribution is -2.23. The van der Waals surface area contributed by atoms with Crippen molar-refractivity contribution in [3.05, 3.63) is 24.3 Å². The Hall–Kier alpha value is -1.09. The maximum atomic E-state index is 11.2. The van der Waals surface area contributed by atoms with Crippen molar-refractivity contribution < 1.29 is 9.53 Å². The minimum atomic E-state index is -0.249. The molecule has 0 aliphatic rings. The molecule has 0 aromatic heterocycles. The Labute approximate surface area is 118 Å². The molecule has 0 saturated carbocycles. The van der Waals surface area contributed by atoms with E-state index in [4.69, 9.17) is 4.74 Å². The number of hydrogen-bond acceptors (Lipinski definition) is 3. The van der Waals surface area contributed by atoms with Gasteiger partial charge >= 0.3 is 5.97 Å². The predicted octanol–water partition coefficient (Wildman–Crippen LogP) is 3.56. The molecule has 0 fully saturated rings. The van der Waals surface area contributed by atoms with Crippen molar-refractivity contribution >= 4 is 5.97 Å². The summed E-state index contributed by atoms with van der Waals surface area (Å²) in [6.07, 6.45) is 11.4. The summed E-state index contributed by atoms with van der Waals surface area (Å²) in [7, 11) is 0. The van der Waals surface area contributed by atoms with Crippen LogP contribution in [0.4, 0.5) is 0 Å². The molecule has 0 N–H and O–H groups in total. The Morgan fingerprint density at radius 2 is 1.74 bits per heavy atom. The van der Waals surface area contributed by atoms with Gasteiger partial charge in [0.1, 0.15) is 0 Å². The van der Waals surface area contributed by atoms with Gasteiger partial charge in [-0.3, -0.25) is 0 Å². The molecule has 110 valence electrons. The van der Waals surface area contributed by atoms with Gasteiger partial charge in [0.05, 0.1) is 6.61 Å². The average Bonchev–Trinajstić information content (AvgIpc) is 2.42. The molecule has 0 bridgehead atoms.